The molecule has 3 amide bonds. The van der Waals surface area contributed by atoms with E-state index in [2.05, 4.69) is 29.1 Å². The van der Waals surface area contributed by atoms with Gasteiger partial charge in [0.2, 0.25) is 5.91 Å². The van der Waals surface area contributed by atoms with Crippen molar-refractivity contribution in [1.82, 2.24) is 24.5 Å². The van der Waals surface area contributed by atoms with Crippen molar-refractivity contribution in [1.29, 1.82) is 0 Å². The average molecular weight is 881 g/mol. The Morgan fingerprint density at radius 1 is 0.892 bits per heavy atom. The summed E-state index contributed by atoms with van der Waals surface area (Å²) in [6.07, 6.45) is 6.37. The lowest BCUT2D eigenvalue weighted by molar-refractivity contribution is -0.131. The summed E-state index contributed by atoms with van der Waals surface area (Å²) in [6, 6.07) is 23.2. The van der Waals surface area contributed by atoms with Crippen LogP contribution in [0.1, 0.15) is 71.4 Å². The van der Waals surface area contributed by atoms with E-state index in [-0.39, 0.29) is 42.5 Å². The first-order valence-corrected chi connectivity index (χ1v) is 22.3. The van der Waals surface area contributed by atoms with Gasteiger partial charge in [0.05, 0.1) is 31.5 Å². The Morgan fingerprint density at radius 2 is 1.63 bits per heavy atom. The van der Waals surface area contributed by atoms with Crippen LogP contribution in [0, 0.1) is 5.82 Å². The van der Waals surface area contributed by atoms with Crippen LogP contribution in [0.5, 0.6) is 11.5 Å². The number of morpholine rings is 1. The number of aryl methyl sites for hydroxylation is 1. The SMILES string of the molecule is CC(C)=C(/C=C(\C)c1cc2c(cc1C(=O)N1Cc3ccccc3CC1C)CN(C(=O)Cc1ccc(OCCN3CCOCC3)cc1F)CC2)C(=O)N(c1ccc(O)cc1)c1cnn(C)c1. The second kappa shape index (κ2) is 19.7. The Morgan fingerprint density at radius 3 is 2.34 bits per heavy atom. The molecule has 5 aromatic rings. The van der Waals surface area contributed by atoms with Crippen LogP contribution in [-0.2, 0) is 53.7 Å². The maximum atomic E-state index is 15.4. The van der Waals surface area contributed by atoms with Crippen LogP contribution in [0.4, 0.5) is 15.8 Å². The Balaban J connectivity index is 1.08. The zero-order valence-electron chi connectivity index (χ0n) is 37.8. The minimum atomic E-state index is -0.488. The summed E-state index contributed by atoms with van der Waals surface area (Å²) in [5.74, 6) is -0.629. The number of amides is 3. The fourth-order valence-electron chi connectivity index (χ4n) is 8.93. The molecule has 1 atom stereocenters. The van der Waals surface area contributed by atoms with Crippen molar-refractivity contribution < 1.29 is 33.4 Å². The number of anilines is 2. The van der Waals surface area contributed by atoms with E-state index in [4.69, 9.17) is 9.47 Å². The monoisotopic (exact) mass is 880 g/mol. The molecule has 338 valence electrons. The fraction of sp³-hybridized carbons (Fsp3) is 0.346. The molecule has 1 fully saturated rings. The van der Waals surface area contributed by atoms with Gasteiger partial charge in [0.25, 0.3) is 11.8 Å². The minimum Gasteiger partial charge on any atom is -0.508 e. The first-order chi connectivity index (χ1) is 31.3. The van der Waals surface area contributed by atoms with E-state index in [1.165, 1.54) is 23.8 Å². The number of hydrogen-bond acceptors (Lipinski definition) is 8. The maximum Gasteiger partial charge on any atom is 0.262 e. The first-order valence-electron chi connectivity index (χ1n) is 22.3. The standard InChI is InChI=1S/C52H57FN6O6/c1-34(2)46(52(63)59(43-30-54-55(5)33-43)42-11-13-44(60)14-12-42)24-35(3)47-26-38-16-17-57(31-41(38)27-48(47)51(62)58-32-40-9-7-6-8-37(40)25-36(58)4)50(61)28-39-10-15-45(29-49(39)53)65-23-20-56-18-21-64-22-19-56/h6-15,24,26-27,29-30,33,36,60H,16-23,25,28,31-32H2,1-5H3/b35-24+. The van der Waals surface area contributed by atoms with Gasteiger partial charge in [-0.1, -0.05) is 42.0 Å². The molecule has 0 saturated carbocycles. The van der Waals surface area contributed by atoms with Gasteiger partial charge in [0, 0.05) is 81.4 Å². The Bertz CT molecular complexity index is 2640. The molecule has 65 heavy (non-hydrogen) atoms. The van der Waals surface area contributed by atoms with Crippen molar-refractivity contribution >= 4 is 34.7 Å². The molecule has 0 bridgehead atoms. The highest BCUT2D eigenvalue weighted by Gasteiger charge is 2.32. The van der Waals surface area contributed by atoms with E-state index >= 15 is 9.18 Å². The van der Waals surface area contributed by atoms with Crippen LogP contribution in [0.25, 0.3) is 5.57 Å². The Labute approximate surface area is 380 Å². The summed E-state index contributed by atoms with van der Waals surface area (Å²) >= 11 is 0. The highest BCUT2D eigenvalue weighted by Crippen LogP contribution is 2.35. The third-order valence-corrected chi connectivity index (χ3v) is 12.7. The van der Waals surface area contributed by atoms with Gasteiger partial charge in [-0.15, -0.1) is 0 Å². The molecule has 1 aromatic heterocycles. The number of halogens is 1. The van der Waals surface area contributed by atoms with E-state index in [0.29, 0.717) is 78.7 Å². The van der Waals surface area contributed by atoms with Crippen LogP contribution >= 0.6 is 0 Å². The summed E-state index contributed by atoms with van der Waals surface area (Å²) in [4.78, 5) is 51.1. The van der Waals surface area contributed by atoms with E-state index in [1.807, 2.05) is 56.0 Å². The molecule has 1 saturated heterocycles. The van der Waals surface area contributed by atoms with Gasteiger partial charge in [-0.05, 0) is 122 Å². The number of carbonyl (C=O) groups is 3. The molecule has 8 rings (SSSR count). The van der Waals surface area contributed by atoms with Gasteiger partial charge < -0.3 is 24.4 Å². The van der Waals surface area contributed by atoms with E-state index in [1.54, 1.807) is 58.2 Å². The van der Waals surface area contributed by atoms with Crippen molar-refractivity contribution in [3.05, 3.63) is 153 Å². The van der Waals surface area contributed by atoms with Gasteiger partial charge in [-0.2, -0.15) is 5.10 Å². The number of carbonyl (C=O) groups excluding carboxylic acids is 3. The summed E-state index contributed by atoms with van der Waals surface area (Å²) in [6.45, 7) is 13.1. The maximum absolute atomic E-state index is 15.4. The number of phenolic OH excluding ortho intramolecular Hbond substituents is 1. The lowest BCUT2D eigenvalue weighted by Gasteiger charge is -2.36. The molecule has 3 aliphatic heterocycles. The molecule has 0 radical (unpaired) electrons. The number of benzene rings is 4. The number of phenols is 1. The van der Waals surface area contributed by atoms with Gasteiger partial charge >= 0.3 is 0 Å². The number of rotatable bonds is 12. The number of fused-ring (bicyclic) bond motifs is 2. The molecule has 1 N–H and O–H groups in total. The van der Waals surface area contributed by atoms with Crippen molar-refractivity contribution in [3.8, 4) is 11.5 Å². The zero-order valence-corrected chi connectivity index (χ0v) is 37.8. The van der Waals surface area contributed by atoms with E-state index in [9.17, 15) is 14.7 Å². The molecule has 0 spiro atoms. The van der Waals surface area contributed by atoms with Crippen LogP contribution in [-0.4, -0.2) is 99.3 Å². The molecule has 3 aliphatic rings. The van der Waals surface area contributed by atoms with Crippen molar-refractivity contribution in [2.45, 2.75) is 66.1 Å². The summed E-state index contributed by atoms with van der Waals surface area (Å²) in [5, 5.41) is 14.4. The molecule has 4 heterocycles. The topological polar surface area (TPSA) is 121 Å². The number of aromatic hydroxyl groups is 1. The van der Waals surface area contributed by atoms with Crippen LogP contribution in [0.3, 0.4) is 0 Å². The highest BCUT2D eigenvalue weighted by molar-refractivity contribution is 6.13. The lowest BCUT2D eigenvalue weighted by atomic mass is 9.88. The third kappa shape index (κ3) is 10.2. The second-order valence-corrected chi connectivity index (χ2v) is 17.5. The van der Waals surface area contributed by atoms with Gasteiger partial charge in [-0.3, -0.25) is 28.9 Å². The van der Waals surface area contributed by atoms with E-state index in [0.717, 1.165) is 53.9 Å². The predicted octanol–water partition coefficient (Wildman–Crippen LogP) is 7.79. The van der Waals surface area contributed by atoms with Gasteiger partial charge in [-0.25, -0.2) is 4.39 Å². The van der Waals surface area contributed by atoms with Crippen LogP contribution in [0.15, 0.2) is 108 Å². The molecule has 0 aliphatic carbocycles. The van der Waals surface area contributed by atoms with Crippen LogP contribution in [0.2, 0.25) is 0 Å². The van der Waals surface area contributed by atoms with Crippen molar-refractivity contribution in [2.75, 3.05) is 50.9 Å². The lowest BCUT2D eigenvalue weighted by Crippen LogP contribution is -2.43. The summed E-state index contributed by atoms with van der Waals surface area (Å²) in [7, 11) is 1.78. The number of aromatic nitrogens is 2. The van der Waals surface area contributed by atoms with Crippen molar-refractivity contribution in [3.63, 3.8) is 0 Å². The molecule has 1 unspecified atom stereocenters. The molecular weight excluding hydrogens is 824 g/mol. The number of allylic oxidation sites excluding steroid dienone is 2. The smallest absolute Gasteiger partial charge is 0.262 e. The highest BCUT2D eigenvalue weighted by atomic mass is 19.1. The van der Waals surface area contributed by atoms with Gasteiger partial charge in [0.1, 0.15) is 23.9 Å². The average Bonchev–Trinajstić information content (AvgIpc) is 3.73. The predicted molar refractivity (Wildman–Crippen MR) is 248 cm³/mol. The first kappa shape index (κ1) is 45.0. The summed E-state index contributed by atoms with van der Waals surface area (Å²) in [5.41, 5.74) is 8.71. The number of ether oxygens (including phenoxy) is 2. The molecule has 13 heteroatoms. The molecular formula is C52H57FN6O6. The quantitative estimate of drug-likeness (QED) is 0.0997. The number of nitrogens with zero attached hydrogens (tertiary/aromatic N) is 6. The van der Waals surface area contributed by atoms with Gasteiger partial charge in [0.15, 0.2) is 0 Å². The minimum absolute atomic E-state index is 0.0756. The second-order valence-electron chi connectivity index (χ2n) is 17.5. The van der Waals surface area contributed by atoms with Crippen molar-refractivity contribution in [2.24, 2.45) is 7.05 Å². The largest absolute Gasteiger partial charge is 0.508 e. The normalized spacial score (nSPS) is 16.4. The molecule has 12 nitrogen and oxygen atoms in total. The summed E-state index contributed by atoms with van der Waals surface area (Å²) < 4.78 is 28.3. The van der Waals surface area contributed by atoms with E-state index < -0.39 is 5.82 Å². The van der Waals surface area contributed by atoms with Crippen LogP contribution < -0.4 is 9.64 Å². The molecule has 4 aromatic carbocycles. The zero-order chi connectivity index (χ0) is 45.8. The Kier molecular flexibility index (Phi) is 13.6. The fourth-order valence-corrected chi connectivity index (χ4v) is 8.93. The number of hydrogen-bond donors (Lipinski definition) is 1. The third-order valence-electron chi connectivity index (χ3n) is 12.7. The Hall–Kier alpha value is -6.57.